The Balaban J connectivity index is 2.19. The van der Waals surface area contributed by atoms with E-state index < -0.39 is 11.9 Å². The van der Waals surface area contributed by atoms with Crippen molar-refractivity contribution in [3.05, 3.63) is 46.9 Å². The number of aromatic hydroxyl groups is 1. The second-order valence-corrected chi connectivity index (χ2v) is 6.22. The lowest BCUT2D eigenvalue weighted by Crippen LogP contribution is -2.19. The molecule has 1 aromatic rings. The van der Waals surface area contributed by atoms with Crippen molar-refractivity contribution in [2.24, 2.45) is 10.2 Å². The lowest BCUT2D eigenvalue weighted by Gasteiger charge is -2.10. The van der Waals surface area contributed by atoms with Crippen molar-refractivity contribution in [2.75, 3.05) is 13.7 Å². The van der Waals surface area contributed by atoms with Crippen LogP contribution in [0.5, 0.6) is 11.5 Å². The highest BCUT2D eigenvalue weighted by Crippen LogP contribution is 2.32. The van der Waals surface area contributed by atoms with Crippen LogP contribution in [0.25, 0.3) is 0 Å². The van der Waals surface area contributed by atoms with Gasteiger partial charge in [0.1, 0.15) is 0 Å². The Morgan fingerprint density at radius 3 is 2.89 bits per heavy atom. The molecule has 142 valence electrons. The minimum atomic E-state index is -0.625. The maximum atomic E-state index is 11.7. The molecular weight excluding hydrogens is 370 g/mol. The maximum absolute atomic E-state index is 11.7. The van der Waals surface area contributed by atoms with Crippen molar-refractivity contribution in [1.29, 1.82) is 0 Å². The number of esters is 1. The molecule has 8 nitrogen and oxygen atoms in total. The van der Waals surface area contributed by atoms with Gasteiger partial charge in [-0.3, -0.25) is 10.1 Å². The quantitative estimate of drug-likeness (QED) is 0.243. The molecule has 0 aromatic heterocycles. The van der Waals surface area contributed by atoms with E-state index in [1.54, 1.807) is 18.2 Å². The first-order valence-corrected chi connectivity index (χ1v) is 8.79. The van der Waals surface area contributed by atoms with Gasteiger partial charge in [0.15, 0.2) is 16.7 Å². The number of amides is 1. The predicted octanol–water partition coefficient (Wildman–Crippen LogP) is 2.13. The smallest absolute Gasteiger partial charge is 0.331 e. The van der Waals surface area contributed by atoms with Gasteiger partial charge in [-0.05, 0) is 42.8 Å². The van der Waals surface area contributed by atoms with E-state index in [0.29, 0.717) is 29.9 Å². The third kappa shape index (κ3) is 5.45. The molecule has 1 heterocycles. The van der Waals surface area contributed by atoms with Gasteiger partial charge in [0.2, 0.25) is 0 Å². The second kappa shape index (κ2) is 9.58. The van der Waals surface area contributed by atoms with Crippen LogP contribution >= 0.6 is 11.8 Å². The number of rotatable bonds is 7. The summed E-state index contributed by atoms with van der Waals surface area (Å²) in [5, 5.41) is 20.8. The van der Waals surface area contributed by atoms with Crippen LogP contribution in [-0.4, -0.2) is 42.1 Å². The lowest BCUT2D eigenvalue weighted by atomic mass is 10.1. The summed E-state index contributed by atoms with van der Waals surface area (Å²) in [5.41, 5.74) is 1.31. The number of methoxy groups -OCH3 is 1. The van der Waals surface area contributed by atoms with Gasteiger partial charge in [-0.1, -0.05) is 6.08 Å². The summed E-state index contributed by atoms with van der Waals surface area (Å²) in [7, 11) is 1.23. The third-order valence-corrected chi connectivity index (χ3v) is 4.20. The number of phenols is 1. The number of carbonyl (C=O) groups is 2. The molecule has 0 bridgehead atoms. The lowest BCUT2D eigenvalue weighted by molar-refractivity contribution is -0.135. The Morgan fingerprint density at radius 2 is 2.22 bits per heavy atom. The summed E-state index contributed by atoms with van der Waals surface area (Å²) in [6.45, 7) is 5.89. The first-order valence-electron chi connectivity index (χ1n) is 7.97. The van der Waals surface area contributed by atoms with E-state index in [9.17, 15) is 14.7 Å². The minimum absolute atomic E-state index is 0.0661. The normalized spacial score (nSPS) is 16.7. The third-order valence-electron chi connectivity index (χ3n) is 3.30. The van der Waals surface area contributed by atoms with Gasteiger partial charge in [0.05, 0.1) is 24.8 Å². The molecule has 2 N–H and O–H groups in total. The number of ether oxygens (including phenoxy) is 2. The first kappa shape index (κ1) is 20.2. The van der Waals surface area contributed by atoms with Crippen molar-refractivity contribution in [2.45, 2.75) is 13.3 Å². The van der Waals surface area contributed by atoms with Crippen LogP contribution in [0.3, 0.4) is 0 Å². The van der Waals surface area contributed by atoms with Crippen molar-refractivity contribution >= 4 is 35.0 Å². The summed E-state index contributed by atoms with van der Waals surface area (Å²) in [5.74, 6) is -0.662. The van der Waals surface area contributed by atoms with Crippen LogP contribution in [0.15, 0.2) is 46.0 Å². The molecule has 1 fully saturated rings. The summed E-state index contributed by atoms with van der Waals surface area (Å²) < 4.78 is 9.91. The topological polar surface area (TPSA) is 110 Å². The number of hydrogen-bond donors (Lipinski definition) is 2. The molecular formula is C18H19N3O5S. The van der Waals surface area contributed by atoms with E-state index in [1.807, 2.05) is 6.92 Å². The van der Waals surface area contributed by atoms with Crippen LogP contribution in [0.2, 0.25) is 0 Å². The highest BCUT2D eigenvalue weighted by molar-refractivity contribution is 8.18. The Labute approximate surface area is 160 Å². The molecule has 0 atom stereocenters. The number of amidine groups is 1. The first-order chi connectivity index (χ1) is 13.0. The van der Waals surface area contributed by atoms with Crippen LogP contribution in [0.4, 0.5) is 0 Å². The Morgan fingerprint density at radius 1 is 1.44 bits per heavy atom. The van der Waals surface area contributed by atoms with Crippen molar-refractivity contribution < 1.29 is 24.2 Å². The van der Waals surface area contributed by atoms with E-state index in [0.717, 1.165) is 17.8 Å². The molecule has 0 spiro atoms. The Kier molecular flexibility index (Phi) is 7.18. The molecule has 1 aliphatic heterocycles. The molecule has 0 unspecified atom stereocenters. The Hall–Kier alpha value is -3.07. The molecule has 27 heavy (non-hydrogen) atoms. The number of phenolic OH excluding ortho intramolecular Hbond substituents is 1. The fraction of sp³-hybridized carbons (Fsp3) is 0.222. The molecule has 0 aliphatic carbocycles. The van der Waals surface area contributed by atoms with Gasteiger partial charge in [-0.2, -0.15) is 5.10 Å². The van der Waals surface area contributed by atoms with Gasteiger partial charge >= 0.3 is 5.97 Å². The van der Waals surface area contributed by atoms with E-state index in [2.05, 4.69) is 26.8 Å². The van der Waals surface area contributed by atoms with Crippen LogP contribution in [-0.2, 0) is 20.7 Å². The average molecular weight is 389 g/mol. The Bertz CT molecular complexity index is 846. The van der Waals surface area contributed by atoms with Gasteiger partial charge < -0.3 is 14.6 Å². The summed E-state index contributed by atoms with van der Waals surface area (Å²) in [4.78, 5) is 23.1. The average Bonchev–Trinajstić information content (AvgIpc) is 2.98. The molecule has 2 rings (SSSR count). The number of allylic oxidation sites excluding steroid dienone is 1. The number of nitrogens with zero attached hydrogens (tertiary/aromatic N) is 2. The molecule has 0 saturated carbocycles. The zero-order valence-electron chi connectivity index (χ0n) is 14.9. The van der Waals surface area contributed by atoms with Gasteiger partial charge in [0, 0.05) is 11.6 Å². The molecule has 1 amide bonds. The fourth-order valence-corrected chi connectivity index (χ4v) is 2.87. The molecule has 9 heteroatoms. The van der Waals surface area contributed by atoms with Crippen LogP contribution in [0.1, 0.15) is 18.1 Å². The van der Waals surface area contributed by atoms with E-state index in [1.165, 1.54) is 13.3 Å². The van der Waals surface area contributed by atoms with Crippen molar-refractivity contribution in [3.63, 3.8) is 0 Å². The molecule has 0 radical (unpaired) electrons. The van der Waals surface area contributed by atoms with Crippen molar-refractivity contribution in [3.8, 4) is 11.5 Å². The van der Waals surface area contributed by atoms with Crippen LogP contribution in [0, 0.1) is 0 Å². The second-order valence-electron chi connectivity index (χ2n) is 5.19. The predicted molar refractivity (Wildman–Crippen MR) is 104 cm³/mol. The van der Waals surface area contributed by atoms with Gasteiger partial charge in [0.25, 0.3) is 5.91 Å². The number of thioether (sulfide) groups is 1. The highest BCUT2D eigenvalue weighted by atomic mass is 32.2. The number of hydrogen-bond acceptors (Lipinski definition) is 8. The largest absolute Gasteiger partial charge is 0.504 e. The maximum Gasteiger partial charge on any atom is 0.331 e. The van der Waals surface area contributed by atoms with Gasteiger partial charge in [-0.15, -0.1) is 11.7 Å². The number of nitrogens with one attached hydrogen (secondary N) is 1. The monoisotopic (exact) mass is 389 g/mol. The SMILES string of the molecule is C=CCc1cc(C=N/N=C2/NC(=O)/C(=C\C(=O)OC)S2)cc(OCC)c1O. The minimum Gasteiger partial charge on any atom is -0.504 e. The van der Waals surface area contributed by atoms with E-state index >= 15 is 0 Å². The summed E-state index contributed by atoms with van der Waals surface area (Å²) in [6, 6.07) is 3.38. The fourth-order valence-electron chi connectivity index (χ4n) is 2.13. The standard InChI is InChI=1S/C18H19N3O5S/c1-4-6-12-7-11(8-13(16(12)23)26-5-2)10-19-21-18-20-17(24)14(27-18)9-15(22)25-3/h4,7-10,23H,1,5-6H2,2-3H3,(H,20,21,24)/b14-9+,19-10?. The number of carbonyl (C=O) groups excluding carboxylic acids is 2. The van der Waals surface area contributed by atoms with E-state index in [-0.39, 0.29) is 15.8 Å². The van der Waals surface area contributed by atoms with E-state index in [4.69, 9.17) is 4.74 Å². The highest BCUT2D eigenvalue weighted by Gasteiger charge is 2.25. The number of benzene rings is 1. The van der Waals surface area contributed by atoms with Crippen molar-refractivity contribution in [1.82, 2.24) is 5.32 Å². The molecule has 1 aliphatic rings. The summed E-state index contributed by atoms with van der Waals surface area (Å²) >= 11 is 0.981. The zero-order chi connectivity index (χ0) is 19.8. The molecule has 1 saturated heterocycles. The summed E-state index contributed by atoms with van der Waals surface area (Å²) in [6.07, 6.45) is 4.69. The van der Waals surface area contributed by atoms with Gasteiger partial charge in [-0.25, -0.2) is 4.79 Å². The zero-order valence-corrected chi connectivity index (χ0v) is 15.7. The van der Waals surface area contributed by atoms with Crippen LogP contribution < -0.4 is 10.1 Å². The molecule has 1 aromatic carbocycles.